The summed E-state index contributed by atoms with van der Waals surface area (Å²) in [6.45, 7) is 3.94. The minimum atomic E-state index is 0.772. The van der Waals surface area contributed by atoms with Gasteiger partial charge in [0.15, 0.2) is 11.5 Å². The van der Waals surface area contributed by atoms with Gasteiger partial charge in [-0.3, -0.25) is 0 Å². The quantitative estimate of drug-likeness (QED) is 0.762. The van der Waals surface area contributed by atoms with Crippen LogP contribution < -0.4 is 14.8 Å². The SMILES string of the molecule is COc1ccc(CCNCCc2nc(C)cs2)cc1OC. The molecule has 1 aromatic carbocycles. The van der Waals surface area contributed by atoms with Crippen molar-refractivity contribution >= 4 is 11.3 Å². The van der Waals surface area contributed by atoms with E-state index in [2.05, 4.69) is 21.7 Å². The van der Waals surface area contributed by atoms with Gasteiger partial charge in [-0.1, -0.05) is 6.07 Å². The maximum Gasteiger partial charge on any atom is 0.160 e. The molecule has 1 heterocycles. The summed E-state index contributed by atoms with van der Waals surface area (Å²) >= 11 is 1.73. The number of nitrogens with zero attached hydrogens (tertiary/aromatic N) is 1. The van der Waals surface area contributed by atoms with Crippen LogP contribution in [0.15, 0.2) is 23.6 Å². The van der Waals surface area contributed by atoms with Crippen molar-refractivity contribution in [3.05, 3.63) is 39.8 Å². The predicted molar refractivity (Wildman–Crippen MR) is 86.7 cm³/mol. The van der Waals surface area contributed by atoms with Gasteiger partial charge in [0.25, 0.3) is 0 Å². The van der Waals surface area contributed by atoms with E-state index < -0.39 is 0 Å². The Morgan fingerprint density at radius 3 is 2.52 bits per heavy atom. The van der Waals surface area contributed by atoms with Crippen molar-refractivity contribution in [2.24, 2.45) is 0 Å². The fourth-order valence-corrected chi connectivity index (χ4v) is 2.88. The van der Waals surface area contributed by atoms with Crippen LogP contribution in [-0.2, 0) is 12.8 Å². The first kappa shape index (κ1) is 15.8. The molecule has 2 aromatic rings. The van der Waals surface area contributed by atoms with Gasteiger partial charge in [0.1, 0.15) is 0 Å². The lowest BCUT2D eigenvalue weighted by atomic mass is 10.1. The van der Waals surface area contributed by atoms with Gasteiger partial charge in [-0.25, -0.2) is 4.98 Å². The van der Waals surface area contributed by atoms with Crippen LogP contribution in [-0.4, -0.2) is 32.3 Å². The number of thiazole rings is 1. The van der Waals surface area contributed by atoms with E-state index in [1.807, 2.05) is 19.1 Å². The minimum absolute atomic E-state index is 0.772. The maximum absolute atomic E-state index is 5.31. The van der Waals surface area contributed by atoms with Gasteiger partial charge in [0.2, 0.25) is 0 Å². The predicted octanol–water partition coefficient (Wildman–Crippen LogP) is 2.84. The standard InChI is InChI=1S/C16H22N2O2S/c1-12-11-21-16(18-12)7-9-17-8-6-13-4-5-14(19-2)15(10-13)20-3/h4-5,10-11,17H,6-9H2,1-3H3. The lowest BCUT2D eigenvalue weighted by Crippen LogP contribution is -2.20. The average Bonchev–Trinajstić information content (AvgIpc) is 2.92. The van der Waals surface area contributed by atoms with Crippen LogP contribution in [0.1, 0.15) is 16.3 Å². The number of hydrogen-bond acceptors (Lipinski definition) is 5. The van der Waals surface area contributed by atoms with Crippen LogP contribution in [0.5, 0.6) is 11.5 Å². The Kier molecular flexibility index (Phi) is 6.02. The average molecular weight is 306 g/mol. The summed E-state index contributed by atoms with van der Waals surface area (Å²) in [6, 6.07) is 6.06. The smallest absolute Gasteiger partial charge is 0.160 e. The Balaban J connectivity index is 1.73. The zero-order valence-corrected chi connectivity index (χ0v) is 13.6. The maximum atomic E-state index is 5.31. The monoisotopic (exact) mass is 306 g/mol. The number of aromatic nitrogens is 1. The first-order valence-corrected chi connectivity index (χ1v) is 7.93. The van der Waals surface area contributed by atoms with Gasteiger partial charge in [0.05, 0.1) is 19.2 Å². The van der Waals surface area contributed by atoms with Gasteiger partial charge in [-0.05, 0) is 37.6 Å². The molecule has 0 atom stereocenters. The van der Waals surface area contributed by atoms with Gasteiger partial charge in [0, 0.05) is 24.0 Å². The summed E-state index contributed by atoms with van der Waals surface area (Å²) in [4.78, 5) is 4.46. The van der Waals surface area contributed by atoms with Crippen molar-refractivity contribution in [2.45, 2.75) is 19.8 Å². The summed E-state index contributed by atoms with van der Waals surface area (Å²) < 4.78 is 10.6. The first-order valence-electron chi connectivity index (χ1n) is 7.05. The number of rotatable bonds is 8. The molecule has 2 rings (SSSR count). The van der Waals surface area contributed by atoms with E-state index in [0.29, 0.717) is 0 Å². The van der Waals surface area contributed by atoms with Crippen molar-refractivity contribution in [1.29, 1.82) is 0 Å². The second kappa shape index (κ2) is 8.00. The summed E-state index contributed by atoms with van der Waals surface area (Å²) in [6.07, 6.45) is 1.96. The van der Waals surface area contributed by atoms with Gasteiger partial charge < -0.3 is 14.8 Å². The topological polar surface area (TPSA) is 43.4 Å². The summed E-state index contributed by atoms with van der Waals surface area (Å²) in [5.41, 5.74) is 2.35. The van der Waals surface area contributed by atoms with Crippen molar-refractivity contribution in [1.82, 2.24) is 10.3 Å². The first-order chi connectivity index (χ1) is 10.2. The normalized spacial score (nSPS) is 10.6. The number of nitrogens with one attached hydrogen (secondary N) is 1. The van der Waals surface area contributed by atoms with Crippen LogP contribution in [0.4, 0.5) is 0 Å². The second-order valence-electron chi connectivity index (χ2n) is 4.82. The molecule has 0 unspecified atom stereocenters. The van der Waals surface area contributed by atoms with E-state index >= 15 is 0 Å². The molecule has 0 fully saturated rings. The molecule has 1 aromatic heterocycles. The van der Waals surface area contributed by atoms with Crippen LogP contribution in [0.2, 0.25) is 0 Å². The molecule has 114 valence electrons. The summed E-state index contributed by atoms with van der Waals surface area (Å²) in [7, 11) is 3.31. The van der Waals surface area contributed by atoms with Crippen LogP contribution in [0, 0.1) is 6.92 Å². The van der Waals surface area contributed by atoms with Gasteiger partial charge >= 0.3 is 0 Å². The van der Waals surface area contributed by atoms with E-state index in [-0.39, 0.29) is 0 Å². The molecule has 0 aliphatic carbocycles. The van der Waals surface area contributed by atoms with E-state index in [1.54, 1.807) is 25.6 Å². The zero-order valence-electron chi connectivity index (χ0n) is 12.8. The Bertz CT molecular complexity index is 569. The highest BCUT2D eigenvalue weighted by Gasteiger charge is 2.04. The number of aryl methyl sites for hydroxylation is 1. The Morgan fingerprint density at radius 2 is 1.86 bits per heavy atom. The number of benzene rings is 1. The molecule has 1 N–H and O–H groups in total. The Hall–Kier alpha value is -1.59. The molecule has 0 aliphatic heterocycles. The highest BCUT2D eigenvalue weighted by Crippen LogP contribution is 2.27. The number of hydrogen-bond donors (Lipinski definition) is 1. The highest BCUT2D eigenvalue weighted by atomic mass is 32.1. The van der Waals surface area contributed by atoms with Crippen molar-refractivity contribution in [3.8, 4) is 11.5 Å². The molecule has 0 radical (unpaired) electrons. The molecule has 4 nitrogen and oxygen atoms in total. The number of ether oxygens (including phenoxy) is 2. The number of methoxy groups -OCH3 is 2. The van der Waals surface area contributed by atoms with E-state index in [0.717, 1.165) is 43.1 Å². The molecule has 0 bridgehead atoms. The van der Waals surface area contributed by atoms with Crippen molar-refractivity contribution < 1.29 is 9.47 Å². The van der Waals surface area contributed by atoms with Gasteiger partial charge in [-0.15, -0.1) is 11.3 Å². The summed E-state index contributed by atoms with van der Waals surface area (Å²) in [5, 5.41) is 6.75. The van der Waals surface area contributed by atoms with Crippen LogP contribution in [0.3, 0.4) is 0 Å². The molecular weight excluding hydrogens is 284 g/mol. The molecular formula is C16H22N2O2S. The molecule has 0 spiro atoms. The molecule has 21 heavy (non-hydrogen) atoms. The molecule has 0 saturated heterocycles. The van der Waals surface area contributed by atoms with Crippen molar-refractivity contribution in [2.75, 3.05) is 27.3 Å². The van der Waals surface area contributed by atoms with Crippen molar-refractivity contribution in [3.63, 3.8) is 0 Å². The van der Waals surface area contributed by atoms with E-state index in [4.69, 9.17) is 9.47 Å². The Morgan fingerprint density at radius 1 is 1.10 bits per heavy atom. The lowest BCUT2D eigenvalue weighted by Gasteiger charge is -2.10. The van der Waals surface area contributed by atoms with Crippen LogP contribution in [0.25, 0.3) is 0 Å². The van der Waals surface area contributed by atoms with Gasteiger partial charge in [-0.2, -0.15) is 0 Å². The molecule has 5 heteroatoms. The largest absolute Gasteiger partial charge is 0.493 e. The van der Waals surface area contributed by atoms with Crippen LogP contribution >= 0.6 is 11.3 Å². The lowest BCUT2D eigenvalue weighted by molar-refractivity contribution is 0.354. The van der Waals surface area contributed by atoms with E-state index in [9.17, 15) is 0 Å². The fraction of sp³-hybridized carbons (Fsp3) is 0.438. The second-order valence-corrected chi connectivity index (χ2v) is 5.76. The Labute approximate surface area is 130 Å². The minimum Gasteiger partial charge on any atom is -0.493 e. The highest BCUT2D eigenvalue weighted by molar-refractivity contribution is 7.09. The fourth-order valence-electron chi connectivity index (χ4n) is 2.11. The molecule has 0 amide bonds. The molecule has 0 aliphatic rings. The third kappa shape index (κ3) is 4.72. The zero-order chi connectivity index (χ0) is 15.1. The third-order valence-corrected chi connectivity index (χ3v) is 4.25. The van der Waals surface area contributed by atoms with E-state index in [1.165, 1.54) is 10.6 Å². The summed E-state index contributed by atoms with van der Waals surface area (Å²) in [5.74, 6) is 1.56. The molecule has 0 saturated carbocycles. The third-order valence-electron chi connectivity index (χ3n) is 3.22.